The maximum absolute atomic E-state index is 12.8. The van der Waals surface area contributed by atoms with Crippen LogP contribution in [0.15, 0.2) is 47.5 Å². The van der Waals surface area contributed by atoms with Gasteiger partial charge >= 0.3 is 0 Å². The highest BCUT2D eigenvalue weighted by Crippen LogP contribution is 2.25. The van der Waals surface area contributed by atoms with Crippen molar-refractivity contribution in [1.82, 2.24) is 19.3 Å². The lowest BCUT2D eigenvalue weighted by molar-refractivity contribution is -0.116. The predicted molar refractivity (Wildman–Crippen MR) is 122 cm³/mol. The molecule has 0 saturated heterocycles. The molecule has 1 amide bonds. The average Bonchev–Trinajstić information content (AvgIpc) is 2.99. The van der Waals surface area contributed by atoms with Crippen LogP contribution >= 0.6 is 23.2 Å². The molecule has 0 unspecified atom stereocenters. The van der Waals surface area contributed by atoms with Crippen molar-refractivity contribution in [2.24, 2.45) is 0 Å². The van der Waals surface area contributed by atoms with E-state index in [0.717, 1.165) is 16.9 Å². The molecule has 4 rings (SSSR count). The van der Waals surface area contributed by atoms with Gasteiger partial charge in [-0.25, -0.2) is 9.67 Å². The van der Waals surface area contributed by atoms with Crippen LogP contribution in [0.4, 0.5) is 5.69 Å². The second-order valence-electron chi connectivity index (χ2n) is 7.30. The van der Waals surface area contributed by atoms with Gasteiger partial charge in [-0.15, -0.1) is 0 Å². The molecule has 0 fully saturated rings. The van der Waals surface area contributed by atoms with Crippen LogP contribution in [-0.2, 0) is 11.3 Å². The Labute approximate surface area is 188 Å². The number of benzene rings is 2. The summed E-state index contributed by atoms with van der Waals surface area (Å²) in [7, 11) is 0. The van der Waals surface area contributed by atoms with Gasteiger partial charge in [-0.05, 0) is 45.0 Å². The van der Waals surface area contributed by atoms with E-state index in [9.17, 15) is 9.59 Å². The summed E-state index contributed by atoms with van der Waals surface area (Å²) in [5.74, 6) is -0.369. The number of aromatic nitrogens is 4. The summed E-state index contributed by atoms with van der Waals surface area (Å²) in [6.45, 7) is 5.51. The number of fused-ring (bicyclic) bond motifs is 1. The minimum atomic E-state index is -0.395. The Morgan fingerprint density at radius 3 is 2.52 bits per heavy atom. The van der Waals surface area contributed by atoms with Crippen LogP contribution in [0.5, 0.6) is 0 Å². The minimum Gasteiger partial charge on any atom is -0.321 e. The third-order valence-corrected chi connectivity index (χ3v) is 5.50. The lowest BCUT2D eigenvalue weighted by Crippen LogP contribution is -2.28. The van der Waals surface area contributed by atoms with E-state index >= 15 is 0 Å². The number of anilines is 1. The van der Waals surface area contributed by atoms with Crippen LogP contribution in [-0.4, -0.2) is 25.2 Å². The number of nitrogens with one attached hydrogen (secondary N) is 1. The highest BCUT2D eigenvalue weighted by molar-refractivity contribution is 6.38. The van der Waals surface area contributed by atoms with Crippen molar-refractivity contribution in [2.45, 2.75) is 27.3 Å². The van der Waals surface area contributed by atoms with E-state index in [-0.39, 0.29) is 22.9 Å². The summed E-state index contributed by atoms with van der Waals surface area (Å²) < 4.78 is 3.00. The van der Waals surface area contributed by atoms with Gasteiger partial charge in [0.1, 0.15) is 6.54 Å². The van der Waals surface area contributed by atoms with E-state index < -0.39 is 5.56 Å². The van der Waals surface area contributed by atoms with E-state index in [1.165, 1.54) is 23.0 Å². The molecule has 0 aliphatic carbocycles. The molecule has 0 spiro atoms. The summed E-state index contributed by atoms with van der Waals surface area (Å²) in [5, 5.41) is 8.27. The predicted octanol–water partition coefficient (Wildman–Crippen LogP) is 4.45. The smallest absolute Gasteiger partial charge is 0.261 e. The summed E-state index contributed by atoms with van der Waals surface area (Å²) in [6, 6.07) is 11.0. The summed E-state index contributed by atoms with van der Waals surface area (Å²) in [6.07, 6.45) is 1.31. The second-order valence-corrected chi connectivity index (χ2v) is 8.15. The molecule has 7 nitrogen and oxygen atoms in total. The van der Waals surface area contributed by atoms with Crippen molar-refractivity contribution in [3.05, 3.63) is 80.1 Å². The van der Waals surface area contributed by atoms with Crippen LogP contribution in [0.25, 0.3) is 16.6 Å². The largest absolute Gasteiger partial charge is 0.321 e. The van der Waals surface area contributed by atoms with Gasteiger partial charge < -0.3 is 5.32 Å². The van der Waals surface area contributed by atoms with Crippen LogP contribution in [0, 0.1) is 20.8 Å². The summed E-state index contributed by atoms with van der Waals surface area (Å²) >= 11 is 12.1. The Morgan fingerprint density at radius 1 is 1.10 bits per heavy atom. The zero-order chi connectivity index (χ0) is 22.3. The molecule has 4 aromatic rings. The summed E-state index contributed by atoms with van der Waals surface area (Å²) in [4.78, 5) is 29.7. The summed E-state index contributed by atoms with van der Waals surface area (Å²) in [5.41, 5.74) is 4.07. The normalized spacial score (nSPS) is 11.1. The molecule has 0 bridgehead atoms. The van der Waals surface area contributed by atoms with Gasteiger partial charge in [0.25, 0.3) is 5.56 Å². The Bertz CT molecular complexity index is 1370. The fourth-order valence-corrected chi connectivity index (χ4v) is 3.94. The van der Waals surface area contributed by atoms with Gasteiger partial charge in [-0.2, -0.15) is 5.10 Å². The maximum Gasteiger partial charge on any atom is 0.261 e. The molecule has 0 saturated carbocycles. The number of carbonyl (C=O) groups is 1. The number of aryl methyl sites for hydroxylation is 2. The van der Waals surface area contributed by atoms with Crippen molar-refractivity contribution < 1.29 is 4.79 Å². The molecule has 0 atom stereocenters. The molecule has 158 valence electrons. The number of hydrogen-bond acceptors (Lipinski definition) is 4. The number of amides is 1. The molecule has 1 N–H and O–H groups in total. The first-order valence-corrected chi connectivity index (χ1v) is 10.3. The fourth-order valence-electron chi connectivity index (χ4n) is 3.40. The van der Waals surface area contributed by atoms with E-state index in [4.69, 9.17) is 23.2 Å². The van der Waals surface area contributed by atoms with E-state index in [2.05, 4.69) is 15.4 Å². The highest BCUT2D eigenvalue weighted by atomic mass is 35.5. The second kappa shape index (κ2) is 8.17. The molecule has 2 aromatic heterocycles. The average molecular weight is 456 g/mol. The van der Waals surface area contributed by atoms with E-state index in [0.29, 0.717) is 21.9 Å². The molecule has 31 heavy (non-hydrogen) atoms. The Balaban J connectivity index is 1.61. The first-order valence-electron chi connectivity index (χ1n) is 9.52. The van der Waals surface area contributed by atoms with Gasteiger partial charge in [0.2, 0.25) is 5.91 Å². The number of nitrogens with zero attached hydrogens (tertiary/aromatic N) is 4. The van der Waals surface area contributed by atoms with Gasteiger partial charge in [0, 0.05) is 5.02 Å². The molecule has 2 heterocycles. The topological polar surface area (TPSA) is 81.8 Å². The lowest BCUT2D eigenvalue weighted by atomic mass is 10.2. The number of hydrogen-bond donors (Lipinski definition) is 1. The number of carbonyl (C=O) groups excluding carboxylic acids is 1. The maximum atomic E-state index is 12.8. The van der Waals surface area contributed by atoms with Crippen molar-refractivity contribution in [3.8, 4) is 5.69 Å². The Hall–Kier alpha value is -3.16. The fraction of sp³-hybridized carbons (Fsp3) is 0.182. The van der Waals surface area contributed by atoms with Gasteiger partial charge in [-0.3, -0.25) is 14.2 Å². The lowest BCUT2D eigenvalue weighted by Gasteiger charge is -2.10. The van der Waals surface area contributed by atoms with Gasteiger partial charge in [-0.1, -0.05) is 40.9 Å². The highest BCUT2D eigenvalue weighted by Gasteiger charge is 2.17. The SMILES string of the molecule is Cc1ccc(-n2nc(C)c(NC(=O)Cn3cnc4c(Cl)cc(Cl)cc4c3=O)c2C)cc1. The van der Waals surface area contributed by atoms with Crippen molar-refractivity contribution in [2.75, 3.05) is 5.32 Å². The van der Waals surface area contributed by atoms with Gasteiger partial charge in [0.05, 0.1) is 45.0 Å². The molecule has 0 aliphatic heterocycles. The van der Waals surface area contributed by atoms with Crippen LogP contribution in [0.1, 0.15) is 17.0 Å². The quantitative estimate of drug-likeness (QED) is 0.492. The van der Waals surface area contributed by atoms with E-state index in [1.807, 2.05) is 45.0 Å². The third-order valence-electron chi connectivity index (χ3n) is 4.99. The monoisotopic (exact) mass is 455 g/mol. The zero-order valence-electron chi connectivity index (χ0n) is 17.1. The van der Waals surface area contributed by atoms with Crippen LogP contribution in [0.3, 0.4) is 0 Å². The number of rotatable bonds is 4. The standard InChI is InChI=1S/C22H19Cl2N5O2/c1-12-4-6-16(7-5-12)29-14(3)20(13(2)27-29)26-19(30)10-28-11-25-21-17(22(28)31)8-15(23)9-18(21)24/h4-9,11H,10H2,1-3H3,(H,26,30). The molecule has 2 aromatic carbocycles. The first-order chi connectivity index (χ1) is 14.7. The molecular formula is C22H19Cl2N5O2. The third kappa shape index (κ3) is 4.06. The van der Waals surface area contributed by atoms with E-state index in [1.54, 1.807) is 4.68 Å². The Morgan fingerprint density at radius 2 is 1.81 bits per heavy atom. The first kappa shape index (κ1) is 21.1. The van der Waals surface area contributed by atoms with Crippen molar-refractivity contribution in [3.63, 3.8) is 0 Å². The molecule has 0 aliphatic rings. The number of halogens is 2. The molecule has 9 heteroatoms. The Kier molecular flexibility index (Phi) is 5.56. The van der Waals surface area contributed by atoms with Crippen molar-refractivity contribution in [1.29, 1.82) is 0 Å². The zero-order valence-corrected chi connectivity index (χ0v) is 18.6. The minimum absolute atomic E-state index is 0.208. The molecule has 0 radical (unpaired) electrons. The van der Waals surface area contributed by atoms with Crippen LogP contribution < -0.4 is 10.9 Å². The molecular weight excluding hydrogens is 437 g/mol. The van der Waals surface area contributed by atoms with Crippen molar-refractivity contribution >= 4 is 45.7 Å². The van der Waals surface area contributed by atoms with Crippen LogP contribution in [0.2, 0.25) is 10.0 Å². The van der Waals surface area contributed by atoms with Gasteiger partial charge in [0.15, 0.2) is 0 Å².